The average molecular weight is 1320 g/mol. The molecule has 480 valence electrons. The second kappa shape index (κ2) is 32.5. The van der Waals surface area contributed by atoms with Crippen molar-refractivity contribution >= 4 is 126 Å². The Balaban J connectivity index is 0.000000236. The molecule has 2 heterocycles. The van der Waals surface area contributed by atoms with Crippen LogP contribution in [0.25, 0.3) is 21.8 Å². The largest absolute Gasteiger partial charge is 2.00 e. The SMILES string of the molecule is COc1cc2c(Oc3cccc(NC(=O)C4(C(=O)Nc5ccc(F)cc5)CC4)c3Cl)ccnc2cc1OCCCCCCC(=O)[O-].COc1cc2c(Oc3cccc(NC(=O)C4(C(=O)Nc5ccc(F)cc5)CC4)c3Cl)ccnc2cc1OCCCCCCC(=O)[O-].[Mg+2]. The van der Waals surface area contributed by atoms with Gasteiger partial charge in [-0.3, -0.25) is 29.1 Å². The van der Waals surface area contributed by atoms with Crippen molar-refractivity contribution in [1.29, 1.82) is 0 Å². The minimum Gasteiger partial charge on any atom is -0.550 e. The third kappa shape index (κ3) is 18.2. The molecule has 0 bridgehead atoms. The van der Waals surface area contributed by atoms with Crippen molar-refractivity contribution in [3.05, 3.63) is 155 Å². The first kappa shape index (κ1) is 69.8. The standard InChI is InChI=1S/2C34H33ClFN3O7.Mg/c2*1-44-28-19-23-25(20-29(28)45-18-5-3-2-4-9-30(40)41)37-17-14-26(23)46-27-8-6-7-24(31(27)35)39-33(43)34(15-16-34)32(42)38-22-12-10-21(36)11-13-22;/h2*6-8,10-14,17,19-20H,2-5,9,15-16,18H2,1H3,(H,38,42)(H,39,43)(H,40,41);/q;;+2/p-2. The van der Waals surface area contributed by atoms with Gasteiger partial charge in [-0.25, -0.2) is 8.78 Å². The number of carboxylic acid groups (broad SMARTS) is 2. The summed E-state index contributed by atoms with van der Waals surface area (Å²) in [5.74, 6) is -1.53. The average Bonchev–Trinajstić information content (AvgIpc) is 1.77. The van der Waals surface area contributed by atoms with Crippen molar-refractivity contribution in [2.24, 2.45) is 10.8 Å². The van der Waals surface area contributed by atoms with E-state index in [0.717, 1.165) is 38.5 Å². The topological polar surface area (TPSA) is 278 Å². The van der Waals surface area contributed by atoms with Crippen molar-refractivity contribution in [1.82, 2.24) is 9.97 Å². The van der Waals surface area contributed by atoms with E-state index in [0.29, 0.717) is 119 Å². The van der Waals surface area contributed by atoms with Crippen molar-refractivity contribution in [3.63, 3.8) is 0 Å². The third-order valence-electron chi connectivity index (χ3n) is 15.3. The van der Waals surface area contributed by atoms with E-state index in [4.69, 9.17) is 51.6 Å². The van der Waals surface area contributed by atoms with Crippen molar-refractivity contribution in [2.75, 3.05) is 48.7 Å². The van der Waals surface area contributed by atoms with Crippen LogP contribution >= 0.6 is 23.2 Å². The third-order valence-corrected chi connectivity index (χ3v) is 16.1. The number of aromatic nitrogens is 2. The van der Waals surface area contributed by atoms with E-state index in [-0.39, 0.29) is 68.8 Å². The summed E-state index contributed by atoms with van der Waals surface area (Å²) in [5, 5.41) is 33.6. The Labute approximate surface area is 560 Å². The van der Waals surface area contributed by atoms with E-state index in [1.54, 1.807) is 85.2 Å². The number of fused-ring (bicyclic) bond motifs is 2. The minimum absolute atomic E-state index is 0. The molecule has 8 aromatic rings. The molecule has 25 heteroatoms. The van der Waals surface area contributed by atoms with Crippen molar-refractivity contribution in [3.8, 4) is 46.0 Å². The summed E-state index contributed by atoms with van der Waals surface area (Å²) in [5.41, 5.74) is -0.0122. The Morgan fingerprint density at radius 1 is 0.462 bits per heavy atom. The number of carbonyl (C=O) groups excluding carboxylic acids is 6. The monoisotopic (exact) mass is 1320 g/mol. The number of methoxy groups -OCH3 is 2. The number of benzene rings is 6. The predicted octanol–water partition coefficient (Wildman–Crippen LogP) is 12.1. The molecule has 0 unspecified atom stereocenters. The van der Waals surface area contributed by atoms with Crippen LogP contribution in [0.5, 0.6) is 46.0 Å². The molecule has 0 saturated heterocycles. The van der Waals surface area contributed by atoms with E-state index < -0.39 is 58.0 Å². The molecule has 4 amide bonds. The number of anilines is 4. The van der Waals surface area contributed by atoms with E-state index in [1.165, 1.54) is 62.8 Å². The number of unbranched alkanes of at least 4 members (excludes halogenated alkanes) is 6. The number of carbonyl (C=O) groups is 6. The molecule has 10 rings (SSSR count). The van der Waals surface area contributed by atoms with Crippen LogP contribution < -0.4 is 59.9 Å². The Hall–Kier alpha value is -9.03. The van der Waals surface area contributed by atoms with Crippen LogP contribution in [-0.2, 0) is 28.8 Å². The van der Waals surface area contributed by atoms with Gasteiger partial charge in [0, 0.05) is 58.6 Å². The first-order chi connectivity index (χ1) is 44.4. The fourth-order valence-electron chi connectivity index (χ4n) is 9.82. The summed E-state index contributed by atoms with van der Waals surface area (Å²) in [4.78, 5) is 82.4. The molecule has 0 atom stereocenters. The van der Waals surface area contributed by atoms with Gasteiger partial charge in [-0.2, -0.15) is 0 Å². The molecular formula is C68H64Cl2F2MgN6O14. The Kier molecular flexibility index (Phi) is 24.4. The quantitative estimate of drug-likeness (QED) is 0.0185. The molecule has 6 aromatic carbocycles. The number of halogens is 4. The predicted molar refractivity (Wildman–Crippen MR) is 343 cm³/mol. The van der Waals surface area contributed by atoms with Gasteiger partial charge in [0.25, 0.3) is 0 Å². The van der Waals surface area contributed by atoms with Crippen molar-refractivity contribution in [2.45, 2.75) is 89.9 Å². The van der Waals surface area contributed by atoms with Gasteiger partial charge in [0.15, 0.2) is 23.0 Å². The fraction of sp³-hybridized carbons (Fsp3) is 0.294. The summed E-state index contributed by atoms with van der Waals surface area (Å²) in [6.45, 7) is 0.847. The van der Waals surface area contributed by atoms with Gasteiger partial charge in [-0.05, 0) is 161 Å². The molecule has 0 spiro atoms. The van der Waals surface area contributed by atoms with E-state index in [9.17, 15) is 47.8 Å². The molecule has 2 aliphatic rings. The number of nitrogens with one attached hydrogen (secondary N) is 4. The van der Waals surface area contributed by atoms with Gasteiger partial charge in [0.2, 0.25) is 23.6 Å². The summed E-state index contributed by atoms with van der Waals surface area (Å²) >= 11 is 13.4. The van der Waals surface area contributed by atoms with Gasteiger partial charge in [0.1, 0.15) is 55.5 Å². The summed E-state index contributed by atoms with van der Waals surface area (Å²) < 4.78 is 61.9. The first-order valence-corrected chi connectivity index (χ1v) is 30.4. The molecule has 0 radical (unpaired) electrons. The van der Waals surface area contributed by atoms with Gasteiger partial charge in [0.05, 0.1) is 49.8 Å². The van der Waals surface area contributed by atoms with E-state index >= 15 is 0 Å². The summed E-state index contributed by atoms with van der Waals surface area (Å²) in [6.07, 6.45) is 10.6. The van der Waals surface area contributed by atoms with Gasteiger partial charge in [-0.1, -0.05) is 61.0 Å². The maximum Gasteiger partial charge on any atom is 2.00 e. The van der Waals surface area contributed by atoms with Gasteiger partial charge in [-0.15, -0.1) is 0 Å². The molecular weight excluding hydrogens is 1260 g/mol. The number of carboxylic acids is 2. The maximum absolute atomic E-state index is 13.3. The van der Waals surface area contributed by atoms with E-state index in [2.05, 4.69) is 31.2 Å². The van der Waals surface area contributed by atoms with Crippen LogP contribution in [0.3, 0.4) is 0 Å². The van der Waals surface area contributed by atoms with Crippen LogP contribution in [0.2, 0.25) is 10.0 Å². The zero-order valence-corrected chi connectivity index (χ0v) is 53.8. The van der Waals surface area contributed by atoms with Gasteiger partial charge < -0.3 is 69.5 Å². The zero-order chi connectivity index (χ0) is 65.4. The molecule has 2 fully saturated rings. The van der Waals surface area contributed by atoms with Crippen LogP contribution in [0, 0.1) is 22.5 Å². The molecule has 93 heavy (non-hydrogen) atoms. The number of ether oxygens (including phenoxy) is 6. The molecule has 2 aliphatic carbocycles. The molecule has 2 aromatic heterocycles. The number of nitrogens with zero attached hydrogens (tertiary/aromatic N) is 2. The fourth-order valence-corrected chi connectivity index (χ4v) is 10.2. The number of amides is 4. The second-order valence-electron chi connectivity index (χ2n) is 21.9. The van der Waals surface area contributed by atoms with Crippen LogP contribution in [0.4, 0.5) is 31.5 Å². The smallest absolute Gasteiger partial charge is 0.550 e. The number of rotatable bonds is 30. The number of pyridine rings is 2. The molecule has 0 aliphatic heterocycles. The molecule has 20 nitrogen and oxygen atoms in total. The van der Waals surface area contributed by atoms with Crippen molar-refractivity contribution < 1.29 is 76.2 Å². The second-order valence-corrected chi connectivity index (χ2v) is 22.6. The summed E-state index contributed by atoms with van der Waals surface area (Å²) in [7, 11) is 3.06. The van der Waals surface area contributed by atoms with Crippen LogP contribution in [-0.4, -0.2) is 96.0 Å². The Bertz CT molecular complexity index is 3750. The normalized spacial score (nSPS) is 13.0. The maximum atomic E-state index is 13.3. The number of aliphatic carboxylic acids is 2. The molecule has 4 N–H and O–H groups in total. The Morgan fingerprint density at radius 3 is 1.18 bits per heavy atom. The number of hydrogen-bond donors (Lipinski definition) is 4. The Morgan fingerprint density at radius 2 is 0.828 bits per heavy atom. The van der Waals surface area contributed by atoms with Crippen LogP contribution in [0.15, 0.2) is 134 Å². The molecule has 2 saturated carbocycles. The van der Waals surface area contributed by atoms with E-state index in [1.807, 2.05) is 0 Å². The zero-order valence-electron chi connectivity index (χ0n) is 50.8. The minimum atomic E-state index is -1.26. The summed E-state index contributed by atoms with van der Waals surface area (Å²) in [6, 6.07) is 30.9. The first-order valence-electron chi connectivity index (χ1n) is 29.7. The van der Waals surface area contributed by atoms with Crippen LogP contribution in [0.1, 0.15) is 89.9 Å². The van der Waals surface area contributed by atoms with Gasteiger partial charge >= 0.3 is 23.1 Å². The number of hydrogen-bond acceptors (Lipinski definition) is 16.